The lowest BCUT2D eigenvalue weighted by Gasteiger charge is -2.32. The Hall–Kier alpha value is -3.96. The predicted molar refractivity (Wildman–Crippen MR) is 140 cm³/mol. The van der Waals surface area contributed by atoms with E-state index in [9.17, 15) is 14.4 Å². The van der Waals surface area contributed by atoms with Crippen LogP contribution in [0.3, 0.4) is 0 Å². The molecule has 0 spiro atoms. The summed E-state index contributed by atoms with van der Waals surface area (Å²) < 4.78 is 11.0. The van der Waals surface area contributed by atoms with E-state index >= 15 is 0 Å². The van der Waals surface area contributed by atoms with E-state index in [1.807, 2.05) is 24.3 Å². The Kier molecular flexibility index (Phi) is 6.01. The highest BCUT2D eigenvalue weighted by Crippen LogP contribution is 2.45. The number of benzene rings is 1. The lowest BCUT2D eigenvalue weighted by atomic mass is 10.1. The second-order valence-electron chi connectivity index (χ2n) is 9.15. The SMILES string of the molecule is C=CC(=O)N1CCC[C@@H](NC(=O)c2sc3nccc4c3c2NC(=O)N4c2ccc(OC3COC3)cc2)C1. The van der Waals surface area contributed by atoms with Crippen LogP contribution in [0.2, 0.25) is 0 Å². The molecule has 2 N–H and O–H groups in total. The number of nitrogens with zero attached hydrogens (tertiary/aromatic N) is 3. The van der Waals surface area contributed by atoms with E-state index < -0.39 is 0 Å². The molecule has 3 aliphatic heterocycles. The fraction of sp³-hybridized carbons (Fsp3) is 0.308. The van der Waals surface area contributed by atoms with Gasteiger partial charge in [0.05, 0.1) is 35.7 Å². The van der Waals surface area contributed by atoms with Gasteiger partial charge in [-0.1, -0.05) is 6.58 Å². The highest BCUT2D eigenvalue weighted by atomic mass is 32.1. The number of thiophene rings is 1. The molecule has 0 aliphatic carbocycles. The summed E-state index contributed by atoms with van der Waals surface area (Å²) in [5, 5.41) is 6.67. The largest absolute Gasteiger partial charge is 0.486 e. The van der Waals surface area contributed by atoms with Crippen molar-refractivity contribution in [3.05, 3.63) is 54.1 Å². The third-order valence-electron chi connectivity index (χ3n) is 6.70. The standard InChI is InChI=1S/C26H25N5O5S/c1-2-20(32)30-11-3-4-15(12-30)28-24(33)23-22-21-19(9-10-27-25(21)37-23)31(26(34)29-22)16-5-7-17(8-6-16)36-18-13-35-14-18/h2,5-10,15,18H,1,3-4,11-14H2,(H,28,33)(H,29,34)/t15-/m1/s1. The maximum atomic E-state index is 13.3. The van der Waals surface area contributed by atoms with Crippen LogP contribution in [0.25, 0.3) is 10.2 Å². The fourth-order valence-electron chi connectivity index (χ4n) is 4.82. The summed E-state index contributed by atoms with van der Waals surface area (Å²) >= 11 is 1.24. The van der Waals surface area contributed by atoms with E-state index in [0.29, 0.717) is 58.8 Å². The van der Waals surface area contributed by atoms with Crippen LogP contribution in [-0.4, -0.2) is 66.2 Å². The first-order valence-corrected chi connectivity index (χ1v) is 12.9. The zero-order chi connectivity index (χ0) is 25.5. The lowest BCUT2D eigenvalue weighted by Crippen LogP contribution is -2.49. The Morgan fingerprint density at radius 1 is 1.24 bits per heavy atom. The molecule has 5 heterocycles. The van der Waals surface area contributed by atoms with Gasteiger partial charge in [0.25, 0.3) is 5.91 Å². The van der Waals surface area contributed by atoms with Crippen LogP contribution >= 0.6 is 11.3 Å². The molecule has 0 bridgehead atoms. The average molecular weight is 520 g/mol. The van der Waals surface area contributed by atoms with Gasteiger partial charge in [0.15, 0.2) is 0 Å². The van der Waals surface area contributed by atoms with Crippen LogP contribution in [-0.2, 0) is 9.53 Å². The smallest absolute Gasteiger partial charge is 0.331 e. The maximum Gasteiger partial charge on any atom is 0.331 e. The van der Waals surface area contributed by atoms with Crippen molar-refractivity contribution in [2.45, 2.75) is 25.0 Å². The van der Waals surface area contributed by atoms with Gasteiger partial charge in [-0.15, -0.1) is 11.3 Å². The first-order chi connectivity index (χ1) is 18.0. The number of ether oxygens (including phenoxy) is 2. The molecule has 190 valence electrons. The normalized spacial score (nSPS) is 19.2. The molecule has 0 saturated carbocycles. The maximum absolute atomic E-state index is 13.3. The van der Waals surface area contributed by atoms with Crippen LogP contribution in [0.1, 0.15) is 22.5 Å². The van der Waals surface area contributed by atoms with Crippen LogP contribution in [0.15, 0.2) is 49.2 Å². The van der Waals surface area contributed by atoms with E-state index in [4.69, 9.17) is 9.47 Å². The predicted octanol–water partition coefficient (Wildman–Crippen LogP) is 3.66. The summed E-state index contributed by atoms with van der Waals surface area (Å²) in [5.74, 6) is 0.270. The van der Waals surface area contributed by atoms with Crippen molar-refractivity contribution in [2.75, 3.05) is 36.5 Å². The quantitative estimate of drug-likeness (QED) is 0.481. The van der Waals surface area contributed by atoms with Crippen molar-refractivity contribution in [2.24, 2.45) is 0 Å². The molecule has 0 unspecified atom stereocenters. The highest BCUT2D eigenvalue weighted by molar-refractivity contribution is 7.21. The number of aromatic nitrogens is 1. The summed E-state index contributed by atoms with van der Waals surface area (Å²) in [4.78, 5) is 47.4. The number of pyridine rings is 1. The highest BCUT2D eigenvalue weighted by Gasteiger charge is 2.34. The minimum absolute atomic E-state index is 0.0565. The molecule has 1 aromatic carbocycles. The number of rotatable bonds is 6. The number of hydrogen-bond acceptors (Lipinski definition) is 7. The molecule has 3 aromatic rings. The number of nitrogens with one attached hydrogen (secondary N) is 2. The van der Waals surface area contributed by atoms with E-state index in [1.165, 1.54) is 17.4 Å². The fourth-order valence-corrected chi connectivity index (χ4v) is 5.85. The van der Waals surface area contributed by atoms with E-state index in [0.717, 1.165) is 18.2 Å². The third-order valence-corrected chi connectivity index (χ3v) is 7.80. The molecule has 37 heavy (non-hydrogen) atoms. The van der Waals surface area contributed by atoms with Gasteiger partial charge < -0.3 is 25.0 Å². The van der Waals surface area contributed by atoms with Gasteiger partial charge in [-0.3, -0.25) is 14.5 Å². The van der Waals surface area contributed by atoms with E-state index in [1.54, 1.807) is 22.1 Å². The number of likely N-dealkylation sites (tertiary alicyclic amines) is 1. The summed E-state index contributed by atoms with van der Waals surface area (Å²) in [7, 11) is 0. The number of urea groups is 1. The summed E-state index contributed by atoms with van der Waals surface area (Å²) in [6.45, 7) is 5.77. The summed E-state index contributed by atoms with van der Waals surface area (Å²) in [5.41, 5.74) is 1.78. The number of hydrogen-bond donors (Lipinski definition) is 2. The van der Waals surface area contributed by atoms with Crippen LogP contribution < -0.4 is 20.3 Å². The molecule has 11 heteroatoms. The van der Waals surface area contributed by atoms with Crippen LogP contribution in [0.5, 0.6) is 5.75 Å². The zero-order valence-corrected chi connectivity index (χ0v) is 20.8. The van der Waals surface area contributed by atoms with E-state index in [-0.39, 0.29) is 30.0 Å². The first kappa shape index (κ1) is 23.4. The summed E-state index contributed by atoms with van der Waals surface area (Å²) in [6, 6.07) is 8.52. The Bertz CT molecular complexity index is 1400. The number of anilines is 3. The molecular formula is C26H25N5O5S. The van der Waals surface area contributed by atoms with Crippen LogP contribution in [0.4, 0.5) is 21.9 Å². The molecule has 1 atom stereocenters. The molecule has 2 saturated heterocycles. The number of carbonyl (C=O) groups is 3. The third kappa shape index (κ3) is 4.30. The van der Waals surface area contributed by atoms with Crippen molar-refractivity contribution in [3.63, 3.8) is 0 Å². The Morgan fingerprint density at radius 3 is 2.78 bits per heavy atom. The second kappa shape index (κ2) is 9.49. The molecule has 6 rings (SSSR count). The molecule has 10 nitrogen and oxygen atoms in total. The topological polar surface area (TPSA) is 113 Å². The summed E-state index contributed by atoms with van der Waals surface area (Å²) in [6.07, 6.45) is 4.54. The van der Waals surface area contributed by atoms with Gasteiger partial charge in [-0.05, 0) is 49.2 Å². The molecule has 4 amide bonds. The zero-order valence-electron chi connectivity index (χ0n) is 19.9. The van der Waals surface area contributed by atoms with Crippen molar-refractivity contribution in [1.29, 1.82) is 0 Å². The molecule has 0 radical (unpaired) electrons. The van der Waals surface area contributed by atoms with Crippen molar-refractivity contribution < 1.29 is 23.9 Å². The van der Waals surface area contributed by atoms with Gasteiger partial charge in [0.2, 0.25) is 5.91 Å². The number of carbonyl (C=O) groups excluding carboxylic acids is 3. The number of amides is 4. The van der Waals surface area contributed by atoms with Gasteiger partial charge in [0, 0.05) is 25.3 Å². The minimum atomic E-state index is -0.367. The van der Waals surface area contributed by atoms with Crippen LogP contribution in [0, 0.1) is 0 Å². The monoisotopic (exact) mass is 519 g/mol. The van der Waals surface area contributed by atoms with Gasteiger partial charge in [0.1, 0.15) is 21.6 Å². The Balaban J connectivity index is 1.27. The first-order valence-electron chi connectivity index (χ1n) is 12.1. The van der Waals surface area contributed by atoms with Crippen molar-refractivity contribution in [3.8, 4) is 5.75 Å². The average Bonchev–Trinajstić information content (AvgIpc) is 3.26. The van der Waals surface area contributed by atoms with Crippen molar-refractivity contribution >= 4 is 56.5 Å². The Morgan fingerprint density at radius 2 is 2.05 bits per heavy atom. The second-order valence-corrected chi connectivity index (χ2v) is 10.2. The van der Waals surface area contributed by atoms with Gasteiger partial charge in [-0.2, -0.15) is 0 Å². The minimum Gasteiger partial charge on any atom is -0.486 e. The van der Waals surface area contributed by atoms with Crippen molar-refractivity contribution in [1.82, 2.24) is 15.2 Å². The molecular weight excluding hydrogens is 494 g/mol. The number of piperidine rings is 1. The lowest BCUT2D eigenvalue weighted by molar-refractivity contribution is -0.127. The van der Waals surface area contributed by atoms with E-state index in [2.05, 4.69) is 22.2 Å². The van der Waals surface area contributed by atoms with Gasteiger partial charge >= 0.3 is 6.03 Å². The molecule has 3 aliphatic rings. The molecule has 2 aromatic heterocycles. The molecule has 2 fully saturated rings. The van der Waals surface area contributed by atoms with Gasteiger partial charge in [-0.25, -0.2) is 9.78 Å². The Labute approximate surface area is 216 Å².